The second-order valence-corrected chi connectivity index (χ2v) is 13.1. The highest BCUT2D eigenvalue weighted by Gasteiger charge is 2.39. The number of nitrogens with zero attached hydrogens (tertiary/aromatic N) is 3. The van der Waals surface area contributed by atoms with Crippen molar-refractivity contribution in [3.05, 3.63) is 137 Å². The Hall–Kier alpha value is -4.72. The molecular weight excluding hydrogens is 620 g/mol. The van der Waals surface area contributed by atoms with Crippen molar-refractivity contribution in [3.63, 3.8) is 0 Å². The van der Waals surface area contributed by atoms with Crippen molar-refractivity contribution in [2.24, 2.45) is 0 Å². The first-order valence-electron chi connectivity index (χ1n) is 16.7. The third-order valence-corrected chi connectivity index (χ3v) is 9.91. The van der Waals surface area contributed by atoms with Gasteiger partial charge in [0, 0.05) is 62.8 Å². The molecule has 3 aliphatic heterocycles. The molecule has 3 heterocycles. The highest BCUT2D eigenvalue weighted by Crippen LogP contribution is 2.36. The number of benzene rings is 4. The first-order chi connectivity index (χ1) is 23.5. The Balaban J connectivity index is 1.02. The van der Waals surface area contributed by atoms with Crippen LogP contribution in [0.5, 0.6) is 0 Å². The summed E-state index contributed by atoms with van der Waals surface area (Å²) in [4.78, 5) is 43.6. The van der Waals surface area contributed by atoms with Gasteiger partial charge in [-0.25, -0.2) is 0 Å². The zero-order chi connectivity index (χ0) is 33.0. The van der Waals surface area contributed by atoms with Crippen molar-refractivity contribution in [2.45, 2.75) is 38.4 Å². The summed E-state index contributed by atoms with van der Waals surface area (Å²) in [5.41, 5.74) is 10.0. The van der Waals surface area contributed by atoms with Gasteiger partial charge in [0.1, 0.15) is 6.04 Å². The number of amides is 3. The molecule has 1 unspecified atom stereocenters. The first-order valence-corrected chi connectivity index (χ1v) is 17.3. The van der Waals surface area contributed by atoms with Gasteiger partial charge in [-0.2, -0.15) is 0 Å². The van der Waals surface area contributed by atoms with E-state index in [-0.39, 0.29) is 24.1 Å². The zero-order valence-electron chi connectivity index (χ0n) is 26.9. The Bertz CT molecular complexity index is 1830. The fraction of sp³-hybridized carbons (Fsp3) is 0.275. The van der Waals surface area contributed by atoms with Crippen LogP contribution in [0.3, 0.4) is 0 Å². The van der Waals surface area contributed by atoms with Crippen molar-refractivity contribution in [1.82, 2.24) is 15.1 Å². The van der Waals surface area contributed by atoms with E-state index in [9.17, 15) is 14.4 Å². The lowest BCUT2D eigenvalue weighted by Gasteiger charge is -2.36. The summed E-state index contributed by atoms with van der Waals surface area (Å²) in [5.74, 6) is -0.235. The Morgan fingerprint density at radius 3 is 2.10 bits per heavy atom. The maximum Gasteiger partial charge on any atom is 0.255 e. The molecule has 0 saturated carbocycles. The molecule has 7 rings (SSSR count). The predicted molar refractivity (Wildman–Crippen MR) is 191 cm³/mol. The molecule has 1 atom stereocenters. The van der Waals surface area contributed by atoms with E-state index in [1.54, 1.807) is 4.90 Å². The summed E-state index contributed by atoms with van der Waals surface area (Å²) in [6.07, 6.45) is 1.41. The van der Waals surface area contributed by atoms with Crippen LogP contribution in [0.1, 0.15) is 57.4 Å². The third kappa shape index (κ3) is 6.66. The molecular formula is C40H39ClN4O3. The summed E-state index contributed by atoms with van der Waals surface area (Å²) in [6, 6.07) is 35.5. The molecule has 0 aromatic heterocycles. The third-order valence-electron chi connectivity index (χ3n) is 9.72. The zero-order valence-corrected chi connectivity index (χ0v) is 27.7. The average Bonchev–Trinajstić information content (AvgIpc) is 3.44. The van der Waals surface area contributed by atoms with Gasteiger partial charge >= 0.3 is 0 Å². The van der Waals surface area contributed by atoms with Crippen molar-refractivity contribution >= 4 is 46.2 Å². The number of rotatable bonds is 9. The van der Waals surface area contributed by atoms with E-state index < -0.39 is 6.04 Å². The van der Waals surface area contributed by atoms with E-state index in [2.05, 4.69) is 100 Å². The van der Waals surface area contributed by atoms with E-state index in [1.165, 1.54) is 33.5 Å². The molecule has 7 nitrogen and oxygen atoms in total. The Morgan fingerprint density at radius 2 is 1.44 bits per heavy atom. The summed E-state index contributed by atoms with van der Waals surface area (Å²) >= 11 is 6.35. The minimum atomic E-state index is -0.592. The number of carbonyl (C=O) groups excluding carboxylic acids is 3. The summed E-state index contributed by atoms with van der Waals surface area (Å²) in [7, 11) is 0. The molecule has 244 valence electrons. The largest absolute Gasteiger partial charge is 0.369 e. The molecule has 4 aromatic rings. The minimum absolute atomic E-state index is 0.132. The van der Waals surface area contributed by atoms with E-state index in [0.717, 1.165) is 50.3 Å². The number of nitrogens with one attached hydrogen (secondary N) is 1. The number of piperazine rings is 1. The number of alkyl halides is 1. The summed E-state index contributed by atoms with van der Waals surface area (Å²) in [5, 5.41) is 2.38. The van der Waals surface area contributed by atoms with Crippen LogP contribution in [0.2, 0.25) is 0 Å². The molecule has 48 heavy (non-hydrogen) atoms. The van der Waals surface area contributed by atoms with Gasteiger partial charge in [-0.3, -0.25) is 24.6 Å². The predicted octanol–water partition coefficient (Wildman–Crippen LogP) is 6.36. The van der Waals surface area contributed by atoms with Gasteiger partial charge < -0.3 is 9.80 Å². The fourth-order valence-corrected chi connectivity index (χ4v) is 7.44. The molecule has 2 saturated heterocycles. The summed E-state index contributed by atoms with van der Waals surface area (Å²) in [6.45, 7) is 4.93. The van der Waals surface area contributed by atoms with Crippen LogP contribution in [0, 0.1) is 0 Å². The van der Waals surface area contributed by atoms with Gasteiger partial charge in [0.2, 0.25) is 11.8 Å². The normalized spacial score (nSPS) is 18.9. The van der Waals surface area contributed by atoms with Gasteiger partial charge in [0.05, 0.1) is 0 Å². The lowest BCUT2D eigenvalue weighted by atomic mass is 9.88. The lowest BCUT2D eigenvalue weighted by Crippen LogP contribution is -2.52. The number of halogens is 1. The van der Waals surface area contributed by atoms with E-state index >= 15 is 0 Å². The van der Waals surface area contributed by atoms with Crippen molar-refractivity contribution in [2.75, 3.05) is 37.0 Å². The minimum Gasteiger partial charge on any atom is -0.369 e. The Labute approximate surface area is 286 Å². The van der Waals surface area contributed by atoms with Gasteiger partial charge in [0.15, 0.2) is 0 Å². The molecule has 2 fully saturated rings. The van der Waals surface area contributed by atoms with Crippen LogP contribution in [0.25, 0.3) is 11.1 Å². The van der Waals surface area contributed by atoms with Gasteiger partial charge in [-0.05, 0) is 70.0 Å². The number of fused-ring (bicyclic) bond motifs is 1. The van der Waals surface area contributed by atoms with Crippen LogP contribution in [0.15, 0.2) is 103 Å². The standard InChI is InChI=1S/C40H39ClN4O3/c41-20-19-34(29-7-3-1-4-8-29)38(30-9-5-2-6-10-30)31-12-14-33(15-13-31)44-23-21-43(22-24-44)26-28-11-16-35-32(25-28)27-45(40(35)48)36-17-18-37(46)42-39(36)47/h1-16,25,36H,17-24,26-27H2,(H,42,46,47)/b38-34-. The van der Waals surface area contributed by atoms with Crippen molar-refractivity contribution < 1.29 is 14.4 Å². The van der Waals surface area contributed by atoms with Gasteiger partial charge in [-0.15, -0.1) is 11.6 Å². The number of allylic oxidation sites excluding steroid dienone is 1. The molecule has 0 radical (unpaired) electrons. The quantitative estimate of drug-likeness (QED) is 0.129. The van der Waals surface area contributed by atoms with Gasteiger partial charge in [0.25, 0.3) is 5.91 Å². The van der Waals surface area contributed by atoms with Crippen LogP contribution >= 0.6 is 11.6 Å². The number of imide groups is 1. The summed E-state index contributed by atoms with van der Waals surface area (Å²) < 4.78 is 0. The van der Waals surface area contributed by atoms with E-state index in [4.69, 9.17) is 11.6 Å². The maximum absolute atomic E-state index is 13.1. The second kappa shape index (κ2) is 14.2. The SMILES string of the molecule is O=C1CCC(N2Cc3cc(CN4CCN(c5ccc(/C(=C(/CCCl)c6ccccc6)c6ccccc6)cc5)CC4)ccc3C2=O)C(=O)N1. The molecule has 0 spiro atoms. The monoisotopic (exact) mass is 658 g/mol. The molecule has 1 N–H and O–H groups in total. The highest BCUT2D eigenvalue weighted by atomic mass is 35.5. The number of hydrogen-bond acceptors (Lipinski definition) is 5. The fourth-order valence-electron chi connectivity index (χ4n) is 7.25. The second-order valence-electron chi connectivity index (χ2n) is 12.7. The first kappa shape index (κ1) is 31.9. The number of carbonyl (C=O) groups is 3. The number of anilines is 1. The molecule has 4 aromatic carbocycles. The van der Waals surface area contributed by atoms with Crippen LogP contribution in [-0.2, 0) is 22.7 Å². The van der Waals surface area contributed by atoms with Crippen LogP contribution in [0.4, 0.5) is 5.69 Å². The average molecular weight is 659 g/mol. The Morgan fingerprint density at radius 1 is 0.771 bits per heavy atom. The number of hydrogen-bond donors (Lipinski definition) is 1. The molecule has 8 heteroatoms. The molecule has 0 bridgehead atoms. The smallest absolute Gasteiger partial charge is 0.255 e. The molecule has 3 aliphatic rings. The van der Waals surface area contributed by atoms with Gasteiger partial charge in [-0.1, -0.05) is 84.9 Å². The lowest BCUT2D eigenvalue weighted by molar-refractivity contribution is -0.136. The van der Waals surface area contributed by atoms with Crippen molar-refractivity contribution in [1.29, 1.82) is 0 Å². The molecule has 3 amide bonds. The van der Waals surface area contributed by atoms with E-state index in [1.807, 2.05) is 18.2 Å². The molecule has 0 aliphatic carbocycles. The highest BCUT2D eigenvalue weighted by molar-refractivity contribution is 6.18. The van der Waals surface area contributed by atoms with Crippen molar-refractivity contribution in [3.8, 4) is 0 Å². The maximum atomic E-state index is 13.1. The topological polar surface area (TPSA) is 73.0 Å². The van der Waals surface area contributed by atoms with Crippen LogP contribution < -0.4 is 10.2 Å². The van der Waals surface area contributed by atoms with E-state index in [0.29, 0.717) is 24.4 Å². The Kier molecular flexibility index (Phi) is 9.41. The number of piperidine rings is 1. The van der Waals surface area contributed by atoms with Crippen LogP contribution in [-0.4, -0.2) is 65.6 Å².